The van der Waals surface area contributed by atoms with Crippen molar-refractivity contribution in [3.05, 3.63) is 0 Å². The number of hydrogen-bond donors (Lipinski definition) is 1. The van der Waals surface area contributed by atoms with E-state index < -0.39 is 5.67 Å². The van der Waals surface area contributed by atoms with Gasteiger partial charge in [0.15, 0.2) is 0 Å². The first kappa shape index (κ1) is 9.90. The molecule has 1 unspecified atom stereocenters. The second-order valence-corrected chi connectivity index (χ2v) is 4.71. The lowest BCUT2D eigenvalue weighted by Gasteiger charge is -2.28. The largest absolute Gasteiger partial charge is 0.339 e. The molecule has 0 aromatic rings. The van der Waals surface area contributed by atoms with Crippen LogP contribution in [0.5, 0.6) is 0 Å². The molecular formula is C10H17FN2O. The van der Waals surface area contributed by atoms with Crippen LogP contribution in [-0.4, -0.2) is 42.7 Å². The number of carbonyl (C=O) groups excluding carboxylic acids is 1. The van der Waals surface area contributed by atoms with E-state index in [1.54, 1.807) is 11.8 Å². The smallest absolute Gasteiger partial charge is 0.223 e. The van der Waals surface area contributed by atoms with Crippen molar-refractivity contribution in [3.63, 3.8) is 0 Å². The van der Waals surface area contributed by atoms with Crippen molar-refractivity contribution >= 4 is 5.91 Å². The van der Waals surface area contributed by atoms with E-state index in [-0.39, 0.29) is 12.5 Å². The van der Waals surface area contributed by atoms with Gasteiger partial charge in [-0.25, -0.2) is 4.39 Å². The van der Waals surface area contributed by atoms with Crippen molar-refractivity contribution in [3.8, 4) is 0 Å². The summed E-state index contributed by atoms with van der Waals surface area (Å²) in [7, 11) is 0. The Kier molecular flexibility index (Phi) is 2.47. The second kappa shape index (κ2) is 3.50. The summed E-state index contributed by atoms with van der Waals surface area (Å²) >= 11 is 0. The SMILES string of the molecule is CC1(F)CCN(C(=O)CC2CNC2)C1. The molecule has 1 N–H and O–H groups in total. The highest BCUT2D eigenvalue weighted by atomic mass is 19.1. The normalized spacial score (nSPS) is 33.1. The number of halogens is 1. The van der Waals surface area contributed by atoms with Gasteiger partial charge in [-0.2, -0.15) is 0 Å². The second-order valence-electron chi connectivity index (χ2n) is 4.71. The zero-order valence-electron chi connectivity index (χ0n) is 8.55. The highest BCUT2D eigenvalue weighted by Crippen LogP contribution is 2.25. The number of hydrogen-bond acceptors (Lipinski definition) is 2. The van der Waals surface area contributed by atoms with Crippen molar-refractivity contribution in [2.24, 2.45) is 5.92 Å². The summed E-state index contributed by atoms with van der Waals surface area (Å²) in [5, 5.41) is 3.13. The first-order valence-corrected chi connectivity index (χ1v) is 5.24. The number of rotatable bonds is 2. The van der Waals surface area contributed by atoms with Gasteiger partial charge in [0.25, 0.3) is 0 Å². The molecule has 2 aliphatic heterocycles. The molecule has 1 atom stereocenters. The van der Waals surface area contributed by atoms with Crippen molar-refractivity contribution < 1.29 is 9.18 Å². The van der Waals surface area contributed by atoms with Crippen LogP contribution < -0.4 is 5.32 Å². The minimum atomic E-state index is -1.16. The monoisotopic (exact) mass is 200 g/mol. The molecule has 2 heterocycles. The van der Waals surface area contributed by atoms with E-state index in [0.717, 1.165) is 13.1 Å². The maximum atomic E-state index is 13.4. The fourth-order valence-electron chi connectivity index (χ4n) is 2.01. The minimum Gasteiger partial charge on any atom is -0.339 e. The highest BCUT2D eigenvalue weighted by molar-refractivity contribution is 5.77. The van der Waals surface area contributed by atoms with Gasteiger partial charge < -0.3 is 10.2 Å². The van der Waals surface area contributed by atoms with Crippen LogP contribution in [0.1, 0.15) is 19.8 Å². The molecular weight excluding hydrogens is 183 g/mol. The average Bonchev–Trinajstić information content (AvgIpc) is 2.38. The first-order chi connectivity index (χ1) is 6.57. The van der Waals surface area contributed by atoms with E-state index in [4.69, 9.17) is 0 Å². The van der Waals surface area contributed by atoms with Crippen LogP contribution in [0.3, 0.4) is 0 Å². The molecule has 0 spiro atoms. The Bertz CT molecular complexity index is 238. The third-order valence-corrected chi connectivity index (χ3v) is 3.11. The third kappa shape index (κ3) is 2.05. The van der Waals surface area contributed by atoms with Crippen LogP contribution in [0.25, 0.3) is 0 Å². The van der Waals surface area contributed by atoms with Crippen LogP contribution in [0.2, 0.25) is 0 Å². The standard InChI is InChI=1S/C10H17FN2O/c1-10(11)2-3-13(7-10)9(14)4-8-5-12-6-8/h8,12H,2-7H2,1H3. The predicted octanol–water partition coefficient (Wildman–Crippen LogP) is 0.556. The molecule has 2 fully saturated rings. The molecule has 1 amide bonds. The molecule has 0 aromatic heterocycles. The molecule has 0 saturated carbocycles. The summed E-state index contributed by atoms with van der Waals surface area (Å²) in [6.45, 7) is 4.32. The maximum absolute atomic E-state index is 13.4. The van der Waals surface area contributed by atoms with Crippen LogP contribution in [0, 0.1) is 5.92 Å². The molecule has 2 saturated heterocycles. The van der Waals surface area contributed by atoms with Crippen molar-refractivity contribution in [1.82, 2.24) is 10.2 Å². The Morgan fingerprint density at radius 2 is 2.36 bits per heavy atom. The molecule has 80 valence electrons. The number of amides is 1. The van der Waals surface area contributed by atoms with Gasteiger partial charge in [0.05, 0.1) is 6.54 Å². The Balaban J connectivity index is 1.80. The molecule has 2 aliphatic rings. The zero-order valence-corrected chi connectivity index (χ0v) is 8.55. The van der Waals surface area contributed by atoms with E-state index in [0.29, 0.717) is 25.3 Å². The quantitative estimate of drug-likeness (QED) is 0.706. The van der Waals surface area contributed by atoms with Crippen molar-refractivity contribution in [1.29, 1.82) is 0 Å². The Hall–Kier alpha value is -0.640. The van der Waals surface area contributed by atoms with Gasteiger partial charge in [-0.15, -0.1) is 0 Å². The first-order valence-electron chi connectivity index (χ1n) is 5.24. The minimum absolute atomic E-state index is 0.123. The van der Waals surface area contributed by atoms with Gasteiger partial charge in [0.2, 0.25) is 5.91 Å². The Labute approximate surface area is 83.6 Å². The molecule has 14 heavy (non-hydrogen) atoms. The summed E-state index contributed by atoms with van der Waals surface area (Å²) in [5.74, 6) is 0.604. The molecule has 3 nitrogen and oxygen atoms in total. The fraction of sp³-hybridized carbons (Fsp3) is 0.900. The number of alkyl halides is 1. The van der Waals surface area contributed by atoms with E-state index in [1.807, 2.05) is 0 Å². The molecule has 0 radical (unpaired) electrons. The molecule has 2 rings (SSSR count). The maximum Gasteiger partial charge on any atom is 0.223 e. The van der Waals surface area contributed by atoms with Gasteiger partial charge in [0, 0.05) is 19.4 Å². The number of carbonyl (C=O) groups is 1. The summed E-state index contributed by atoms with van der Waals surface area (Å²) in [4.78, 5) is 13.3. The van der Waals surface area contributed by atoms with Crippen LogP contribution >= 0.6 is 0 Å². The van der Waals surface area contributed by atoms with Gasteiger partial charge >= 0.3 is 0 Å². The topological polar surface area (TPSA) is 32.3 Å². The van der Waals surface area contributed by atoms with Crippen LogP contribution in [-0.2, 0) is 4.79 Å². The van der Waals surface area contributed by atoms with E-state index >= 15 is 0 Å². The van der Waals surface area contributed by atoms with Crippen LogP contribution in [0.4, 0.5) is 4.39 Å². The van der Waals surface area contributed by atoms with Gasteiger partial charge in [-0.3, -0.25) is 4.79 Å². The number of nitrogens with zero attached hydrogens (tertiary/aromatic N) is 1. The third-order valence-electron chi connectivity index (χ3n) is 3.11. The Morgan fingerprint density at radius 3 is 2.79 bits per heavy atom. The fourth-order valence-corrected chi connectivity index (χ4v) is 2.01. The van der Waals surface area contributed by atoms with E-state index in [1.165, 1.54) is 0 Å². The Morgan fingerprint density at radius 1 is 1.64 bits per heavy atom. The summed E-state index contributed by atoms with van der Waals surface area (Å²) in [6, 6.07) is 0. The summed E-state index contributed by atoms with van der Waals surface area (Å²) < 4.78 is 13.4. The molecule has 4 heteroatoms. The van der Waals surface area contributed by atoms with Crippen molar-refractivity contribution in [2.45, 2.75) is 25.4 Å². The van der Waals surface area contributed by atoms with E-state index in [9.17, 15) is 9.18 Å². The molecule has 0 aromatic carbocycles. The number of nitrogens with one attached hydrogen (secondary N) is 1. The molecule has 0 aliphatic carbocycles. The van der Waals surface area contributed by atoms with Crippen molar-refractivity contribution in [2.75, 3.05) is 26.2 Å². The van der Waals surface area contributed by atoms with E-state index in [2.05, 4.69) is 5.32 Å². The van der Waals surface area contributed by atoms with Gasteiger partial charge in [0.1, 0.15) is 5.67 Å². The van der Waals surface area contributed by atoms with Crippen LogP contribution in [0.15, 0.2) is 0 Å². The molecule has 0 bridgehead atoms. The number of likely N-dealkylation sites (tertiary alicyclic amines) is 1. The van der Waals surface area contributed by atoms with Gasteiger partial charge in [-0.05, 0) is 25.9 Å². The highest BCUT2D eigenvalue weighted by Gasteiger charge is 2.36. The zero-order chi connectivity index (χ0) is 10.2. The average molecular weight is 200 g/mol. The predicted molar refractivity (Wildman–Crippen MR) is 51.7 cm³/mol. The lowest BCUT2D eigenvalue weighted by Crippen LogP contribution is -2.45. The lowest BCUT2D eigenvalue weighted by atomic mass is 9.99. The summed E-state index contributed by atoms with van der Waals surface area (Å²) in [6.07, 6.45) is 1.07. The van der Waals surface area contributed by atoms with Gasteiger partial charge in [-0.1, -0.05) is 0 Å². The summed E-state index contributed by atoms with van der Waals surface area (Å²) in [5.41, 5.74) is -1.16. The lowest BCUT2D eigenvalue weighted by molar-refractivity contribution is -0.132.